The van der Waals surface area contributed by atoms with E-state index in [4.69, 9.17) is 5.73 Å². The van der Waals surface area contributed by atoms with Gasteiger partial charge >= 0.3 is 0 Å². The zero-order chi connectivity index (χ0) is 14.1. The number of rotatable bonds is 6. The van der Waals surface area contributed by atoms with E-state index in [9.17, 15) is 0 Å². The van der Waals surface area contributed by atoms with Crippen LogP contribution in [0.15, 0.2) is 30.4 Å². The summed E-state index contributed by atoms with van der Waals surface area (Å²) in [7, 11) is 0. The number of nitrogen functional groups attached to an aromatic ring is 1. The molecule has 1 nitrogen and oxygen atoms in total. The Morgan fingerprint density at radius 1 is 0.789 bits per heavy atom. The minimum atomic E-state index is 0.864. The highest BCUT2D eigenvalue weighted by Gasteiger charge is 2.02. The largest absolute Gasteiger partial charge is 0.398 e. The summed E-state index contributed by atoms with van der Waals surface area (Å²) in [6.07, 6.45) is 15.9. The van der Waals surface area contributed by atoms with E-state index in [0.717, 1.165) is 36.1 Å². The first-order valence-corrected chi connectivity index (χ1v) is 7.16. The molecule has 0 fully saturated rings. The third kappa shape index (κ3) is 4.78. The zero-order valence-corrected chi connectivity index (χ0v) is 12.3. The van der Waals surface area contributed by atoms with E-state index in [2.05, 4.69) is 69.4 Å². The van der Waals surface area contributed by atoms with Crippen LogP contribution in [-0.2, 0) is 0 Å². The molecule has 0 radical (unpaired) electrons. The third-order valence-corrected chi connectivity index (χ3v) is 2.88. The van der Waals surface area contributed by atoms with Crippen LogP contribution in [0.3, 0.4) is 0 Å². The fourth-order valence-electron chi connectivity index (χ4n) is 1.84. The van der Waals surface area contributed by atoms with E-state index in [0.29, 0.717) is 0 Å². The van der Waals surface area contributed by atoms with Crippen molar-refractivity contribution in [3.8, 4) is 0 Å². The second kappa shape index (κ2) is 8.36. The molecule has 1 rings (SSSR count). The van der Waals surface area contributed by atoms with Crippen LogP contribution in [0, 0.1) is 0 Å². The van der Waals surface area contributed by atoms with Crippen molar-refractivity contribution in [3.05, 3.63) is 47.1 Å². The number of nitrogens with two attached hydrogens (primary N) is 1. The summed E-state index contributed by atoms with van der Waals surface area (Å²) in [5.41, 5.74) is 10.5. The summed E-state index contributed by atoms with van der Waals surface area (Å²) in [6, 6.07) is 4.30. The van der Waals surface area contributed by atoms with Gasteiger partial charge in [-0.1, -0.05) is 57.2 Å². The van der Waals surface area contributed by atoms with Crippen molar-refractivity contribution in [1.82, 2.24) is 0 Å². The van der Waals surface area contributed by atoms with Crippen LogP contribution in [-0.4, -0.2) is 0 Å². The van der Waals surface area contributed by atoms with Crippen molar-refractivity contribution >= 4 is 23.9 Å². The van der Waals surface area contributed by atoms with Crippen molar-refractivity contribution in [3.63, 3.8) is 0 Å². The van der Waals surface area contributed by atoms with Crippen LogP contribution < -0.4 is 5.73 Å². The van der Waals surface area contributed by atoms with Gasteiger partial charge < -0.3 is 5.73 Å². The Morgan fingerprint density at radius 3 is 1.63 bits per heavy atom. The van der Waals surface area contributed by atoms with E-state index < -0.39 is 0 Å². The number of benzene rings is 1. The lowest BCUT2D eigenvalue weighted by atomic mass is 10.0. The fourth-order valence-corrected chi connectivity index (χ4v) is 1.84. The highest BCUT2D eigenvalue weighted by atomic mass is 14.6. The van der Waals surface area contributed by atoms with E-state index >= 15 is 0 Å². The van der Waals surface area contributed by atoms with E-state index in [-0.39, 0.29) is 0 Å². The van der Waals surface area contributed by atoms with Crippen LogP contribution in [0.25, 0.3) is 18.2 Å². The average molecular weight is 255 g/mol. The van der Waals surface area contributed by atoms with E-state index in [1.54, 1.807) is 0 Å². The molecule has 0 aliphatic heterocycles. The summed E-state index contributed by atoms with van der Waals surface area (Å²) in [6.45, 7) is 6.40. The molecule has 0 unspecified atom stereocenters. The van der Waals surface area contributed by atoms with Gasteiger partial charge in [0, 0.05) is 5.69 Å². The molecule has 1 heteroatoms. The minimum Gasteiger partial charge on any atom is -0.398 e. The first-order valence-electron chi connectivity index (χ1n) is 7.16. The topological polar surface area (TPSA) is 26.0 Å². The predicted molar refractivity (Wildman–Crippen MR) is 88.8 cm³/mol. The van der Waals surface area contributed by atoms with Crippen molar-refractivity contribution in [2.24, 2.45) is 0 Å². The molecule has 0 aliphatic carbocycles. The molecule has 0 heterocycles. The fraction of sp³-hybridized carbons (Fsp3) is 0.333. The lowest BCUT2D eigenvalue weighted by Gasteiger charge is -2.08. The van der Waals surface area contributed by atoms with Gasteiger partial charge in [-0.3, -0.25) is 0 Å². The standard InChI is InChI=1S/C18H25N/c1-4-7-10-15-13-16(11-8-5-2)18(19)17(14-15)12-9-6-3/h7-14H,4-6,19H2,1-3H3/b10-7+,11-8+,12-9+. The Bertz CT molecular complexity index is 443. The predicted octanol–water partition coefficient (Wildman–Crippen LogP) is 5.54. The molecule has 0 amide bonds. The van der Waals surface area contributed by atoms with Crippen molar-refractivity contribution in [2.45, 2.75) is 40.0 Å². The van der Waals surface area contributed by atoms with Gasteiger partial charge in [0.25, 0.3) is 0 Å². The molecular formula is C18H25N. The maximum atomic E-state index is 6.24. The van der Waals surface area contributed by atoms with Gasteiger partial charge in [0.2, 0.25) is 0 Å². The van der Waals surface area contributed by atoms with Crippen molar-refractivity contribution < 1.29 is 0 Å². The maximum absolute atomic E-state index is 6.24. The molecule has 0 spiro atoms. The minimum absolute atomic E-state index is 0.864. The van der Waals surface area contributed by atoms with Gasteiger partial charge in [0.15, 0.2) is 0 Å². The highest BCUT2D eigenvalue weighted by molar-refractivity contribution is 5.78. The molecule has 0 saturated carbocycles. The summed E-state index contributed by atoms with van der Waals surface area (Å²) in [5.74, 6) is 0. The Morgan fingerprint density at radius 2 is 1.21 bits per heavy atom. The molecular weight excluding hydrogens is 230 g/mol. The monoisotopic (exact) mass is 255 g/mol. The number of hydrogen-bond acceptors (Lipinski definition) is 1. The first-order chi connectivity index (χ1) is 9.22. The van der Waals surface area contributed by atoms with Crippen LogP contribution in [0.2, 0.25) is 0 Å². The summed E-state index contributed by atoms with van der Waals surface area (Å²) < 4.78 is 0. The SMILES string of the molecule is CC/C=C/c1cc(/C=C/CC)c(N)c(/C=C/CC)c1. The van der Waals surface area contributed by atoms with Gasteiger partial charge in [-0.25, -0.2) is 0 Å². The van der Waals surface area contributed by atoms with Gasteiger partial charge in [-0.05, 0) is 48.1 Å². The lowest BCUT2D eigenvalue weighted by molar-refractivity contribution is 1.23. The van der Waals surface area contributed by atoms with E-state index in [1.165, 1.54) is 5.56 Å². The van der Waals surface area contributed by atoms with Gasteiger partial charge in [0.1, 0.15) is 0 Å². The lowest BCUT2D eigenvalue weighted by Crippen LogP contribution is -1.94. The normalized spacial score (nSPS) is 12.2. The van der Waals surface area contributed by atoms with Crippen molar-refractivity contribution in [1.29, 1.82) is 0 Å². The zero-order valence-electron chi connectivity index (χ0n) is 12.3. The van der Waals surface area contributed by atoms with Gasteiger partial charge in [0.05, 0.1) is 0 Å². The smallest absolute Gasteiger partial charge is 0.0461 e. The number of anilines is 1. The second-order valence-corrected chi connectivity index (χ2v) is 4.54. The molecule has 0 aliphatic rings. The van der Waals surface area contributed by atoms with E-state index in [1.807, 2.05) is 0 Å². The third-order valence-electron chi connectivity index (χ3n) is 2.88. The summed E-state index contributed by atoms with van der Waals surface area (Å²) >= 11 is 0. The summed E-state index contributed by atoms with van der Waals surface area (Å²) in [4.78, 5) is 0. The molecule has 0 bridgehead atoms. The molecule has 0 aromatic heterocycles. The Balaban J connectivity index is 3.24. The molecule has 1 aromatic rings. The Hall–Kier alpha value is -1.76. The Kier molecular flexibility index (Phi) is 6.73. The van der Waals surface area contributed by atoms with Crippen molar-refractivity contribution in [2.75, 3.05) is 5.73 Å². The molecule has 2 N–H and O–H groups in total. The first kappa shape index (κ1) is 15.3. The summed E-state index contributed by atoms with van der Waals surface area (Å²) in [5, 5.41) is 0. The van der Waals surface area contributed by atoms with Crippen LogP contribution in [0.4, 0.5) is 5.69 Å². The van der Waals surface area contributed by atoms with Gasteiger partial charge in [-0.2, -0.15) is 0 Å². The second-order valence-electron chi connectivity index (χ2n) is 4.54. The highest BCUT2D eigenvalue weighted by Crippen LogP contribution is 2.24. The van der Waals surface area contributed by atoms with Crippen LogP contribution in [0.1, 0.15) is 56.7 Å². The van der Waals surface area contributed by atoms with Gasteiger partial charge in [-0.15, -0.1) is 0 Å². The molecule has 19 heavy (non-hydrogen) atoms. The molecule has 0 atom stereocenters. The van der Waals surface area contributed by atoms with Crippen LogP contribution >= 0.6 is 0 Å². The van der Waals surface area contributed by atoms with Crippen LogP contribution in [0.5, 0.6) is 0 Å². The molecule has 1 aromatic carbocycles. The quantitative estimate of drug-likeness (QED) is 0.664. The molecule has 102 valence electrons. The molecule has 0 saturated heterocycles. The average Bonchev–Trinajstić information content (AvgIpc) is 2.43. The number of hydrogen-bond donors (Lipinski definition) is 1. The maximum Gasteiger partial charge on any atom is 0.0461 e. The number of allylic oxidation sites excluding steroid dienone is 3. The Labute approximate surface area is 117 Å².